The van der Waals surface area contributed by atoms with Gasteiger partial charge < -0.3 is 10.5 Å². The first-order valence-corrected chi connectivity index (χ1v) is 11.6. The van der Waals surface area contributed by atoms with Gasteiger partial charge in [-0.1, -0.05) is 13.5 Å². The average Bonchev–Trinajstić information content (AvgIpc) is 3.36. The number of fused-ring (bicyclic) bond motifs is 2. The molecule has 0 spiro atoms. The Morgan fingerprint density at radius 3 is 2.78 bits per heavy atom. The zero-order chi connectivity index (χ0) is 21.4. The van der Waals surface area contributed by atoms with Crippen LogP contribution in [0.2, 0.25) is 0 Å². The maximum absolute atomic E-state index is 6.21. The fourth-order valence-electron chi connectivity index (χ4n) is 4.06. The van der Waals surface area contributed by atoms with Crippen molar-refractivity contribution in [3.8, 4) is 11.3 Å². The highest BCUT2D eigenvalue weighted by molar-refractivity contribution is 7.18. The number of hydrogen-bond acceptors (Lipinski definition) is 8. The van der Waals surface area contributed by atoms with E-state index in [4.69, 9.17) is 20.6 Å². The molecule has 0 unspecified atom stereocenters. The summed E-state index contributed by atoms with van der Waals surface area (Å²) in [5.41, 5.74) is 9.86. The summed E-state index contributed by atoms with van der Waals surface area (Å²) in [7, 11) is 0. The summed E-state index contributed by atoms with van der Waals surface area (Å²) in [5, 5.41) is 6.83. The average molecular weight is 454 g/mol. The van der Waals surface area contributed by atoms with Crippen LogP contribution in [-0.2, 0) is 11.2 Å². The molecule has 2 N–H and O–H groups in total. The van der Waals surface area contributed by atoms with Crippen LogP contribution in [0.1, 0.15) is 38.7 Å². The molecular weight excluding hydrogens is 422 g/mol. The molecule has 170 valence electrons. The van der Waals surface area contributed by atoms with Crippen molar-refractivity contribution in [3.05, 3.63) is 29.5 Å². The number of nitrogen functional groups attached to an aromatic ring is 1. The molecule has 1 aliphatic heterocycles. The van der Waals surface area contributed by atoms with E-state index in [1.54, 1.807) is 11.3 Å². The third-order valence-corrected chi connectivity index (χ3v) is 6.76. The maximum atomic E-state index is 6.21. The third-order valence-electron chi connectivity index (χ3n) is 5.68. The van der Waals surface area contributed by atoms with E-state index in [0.29, 0.717) is 5.82 Å². The topological polar surface area (TPSA) is 95.0 Å². The quantitative estimate of drug-likeness (QED) is 0.468. The smallest absolute Gasteiger partial charge is 0.164 e. The van der Waals surface area contributed by atoms with Crippen LogP contribution in [0, 0.1) is 0 Å². The summed E-state index contributed by atoms with van der Waals surface area (Å²) in [4.78, 5) is 15.9. The Labute approximate surface area is 192 Å². The Balaban J connectivity index is 0.00000245. The lowest BCUT2D eigenvalue weighted by Crippen LogP contribution is -2.36. The lowest BCUT2D eigenvalue weighted by molar-refractivity contribution is 0.0375. The molecule has 1 aliphatic rings. The zero-order valence-electron chi connectivity index (χ0n) is 17.9. The molecule has 0 radical (unpaired) electrons. The van der Waals surface area contributed by atoms with Crippen LogP contribution in [-0.4, -0.2) is 62.5 Å². The van der Waals surface area contributed by atoms with Crippen LogP contribution in [0.25, 0.3) is 32.5 Å². The zero-order valence-corrected chi connectivity index (χ0v) is 18.7. The van der Waals surface area contributed by atoms with Crippen molar-refractivity contribution >= 4 is 38.4 Å². The van der Waals surface area contributed by atoms with E-state index in [2.05, 4.69) is 46.9 Å². The standard InChI is InChI=1S/C22H27N7OS.CH4/c1-14(2)29-22-19(21(23)24-13-25-22)20(27-29)15-5-6-16-17(12-15)31-18(26-16)4-3-7-28-8-10-30-11-9-28;/h5-6,12-14H,3-4,7-11H2,1-2H3,(H2,23,24,25);1H4. The highest BCUT2D eigenvalue weighted by Crippen LogP contribution is 2.34. The number of anilines is 1. The second-order valence-corrected chi connectivity index (χ2v) is 9.31. The molecule has 0 bridgehead atoms. The van der Waals surface area contributed by atoms with E-state index in [1.165, 1.54) is 16.0 Å². The summed E-state index contributed by atoms with van der Waals surface area (Å²) >= 11 is 1.76. The van der Waals surface area contributed by atoms with Gasteiger partial charge in [-0.2, -0.15) is 5.10 Å². The van der Waals surface area contributed by atoms with E-state index >= 15 is 0 Å². The molecule has 8 nitrogen and oxygen atoms in total. The number of aryl methyl sites for hydroxylation is 1. The van der Waals surface area contributed by atoms with Gasteiger partial charge in [-0.3, -0.25) is 4.90 Å². The number of aromatic nitrogens is 5. The van der Waals surface area contributed by atoms with E-state index in [-0.39, 0.29) is 13.5 Å². The normalized spacial score (nSPS) is 15.0. The monoisotopic (exact) mass is 453 g/mol. The van der Waals surface area contributed by atoms with Crippen molar-refractivity contribution in [2.24, 2.45) is 0 Å². The highest BCUT2D eigenvalue weighted by atomic mass is 32.1. The third kappa shape index (κ3) is 4.32. The fraction of sp³-hybridized carbons (Fsp3) is 0.478. The highest BCUT2D eigenvalue weighted by Gasteiger charge is 2.19. The minimum atomic E-state index is 0. The maximum Gasteiger partial charge on any atom is 0.164 e. The molecule has 4 heterocycles. The molecule has 4 aromatic rings. The molecule has 3 aromatic heterocycles. The first-order valence-electron chi connectivity index (χ1n) is 10.8. The minimum Gasteiger partial charge on any atom is -0.383 e. The van der Waals surface area contributed by atoms with Gasteiger partial charge in [0.15, 0.2) is 5.65 Å². The van der Waals surface area contributed by atoms with E-state index in [9.17, 15) is 0 Å². The first-order chi connectivity index (χ1) is 15.1. The Kier molecular flexibility index (Phi) is 6.68. The van der Waals surface area contributed by atoms with Gasteiger partial charge in [0.25, 0.3) is 0 Å². The number of hydrogen-bond donors (Lipinski definition) is 1. The van der Waals surface area contributed by atoms with Crippen LogP contribution in [0.5, 0.6) is 0 Å². The van der Waals surface area contributed by atoms with Gasteiger partial charge in [-0.25, -0.2) is 19.6 Å². The number of nitrogens with zero attached hydrogens (tertiary/aromatic N) is 6. The van der Waals surface area contributed by atoms with Crippen molar-refractivity contribution < 1.29 is 4.74 Å². The van der Waals surface area contributed by atoms with Gasteiger partial charge >= 0.3 is 0 Å². The van der Waals surface area contributed by atoms with Crippen LogP contribution in [0.4, 0.5) is 5.82 Å². The first kappa shape index (κ1) is 22.6. The van der Waals surface area contributed by atoms with Crippen molar-refractivity contribution in [2.75, 3.05) is 38.6 Å². The Hall–Kier alpha value is -2.62. The number of ether oxygens (including phenoxy) is 1. The van der Waals surface area contributed by atoms with Gasteiger partial charge in [0.2, 0.25) is 0 Å². The largest absolute Gasteiger partial charge is 0.383 e. The minimum absolute atomic E-state index is 0. The molecule has 9 heteroatoms. The molecule has 1 saturated heterocycles. The summed E-state index contributed by atoms with van der Waals surface area (Å²) in [6.07, 6.45) is 3.61. The van der Waals surface area contributed by atoms with E-state index in [1.807, 2.05) is 4.68 Å². The SMILES string of the molecule is C.CC(C)n1nc(-c2ccc3nc(CCCN4CCOCC4)sc3c2)c2c(N)ncnc21. The summed E-state index contributed by atoms with van der Waals surface area (Å²) in [6.45, 7) is 9.04. The summed E-state index contributed by atoms with van der Waals surface area (Å²) in [5.74, 6) is 0.458. The molecule has 32 heavy (non-hydrogen) atoms. The molecule has 0 aliphatic carbocycles. The van der Waals surface area contributed by atoms with E-state index in [0.717, 1.165) is 73.5 Å². The summed E-state index contributed by atoms with van der Waals surface area (Å²) < 4.78 is 8.51. The number of thiazole rings is 1. The van der Waals surface area contributed by atoms with Crippen molar-refractivity contribution in [3.63, 3.8) is 0 Å². The van der Waals surface area contributed by atoms with Gasteiger partial charge in [0.05, 0.1) is 33.8 Å². The molecular formula is C23H31N7OS. The Bertz CT molecular complexity index is 1210. The molecule has 1 fully saturated rings. The number of morpholine rings is 1. The predicted octanol–water partition coefficient (Wildman–Crippen LogP) is 4.17. The Morgan fingerprint density at radius 1 is 1.19 bits per heavy atom. The van der Waals surface area contributed by atoms with Crippen molar-refractivity contribution in [1.29, 1.82) is 0 Å². The summed E-state index contributed by atoms with van der Waals surface area (Å²) in [6, 6.07) is 6.48. The Morgan fingerprint density at radius 2 is 2.00 bits per heavy atom. The number of rotatable bonds is 6. The molecule has 0 amide bonds. The fourth-order valence-corrected chi connectivity index (χ4v) is 5.11. The molecule has 0 atom stereocenters. The number of benzene rings is 1. The van der Waals surface area contributed by atoms with Gasteiger partial charge in [0, 0.05) is 31.1 Å². The second-order valence-electron chi connectivity index (χ2n) is 8.19. The lowest BCUT2D eigenvalue weighted by Gasteiger charge is -2.26. The van der Waals surface area contributed by atoms with E-state index < -0.39 is 0 Å². The van der Waals surface area contributed by atoms with Gasteiger partial charge in [0.1, 0.15) is 17.8 Å². The van der Waals surface area contributed by atoms with Crippen molar-refractivity contribution in [2.45, 2.75) is 40.2 Å². The predicted molar refractivity (Wildman–Crippen MR) is 131 cm³/mol. The molecule has 1 aromatic carbocycles. The molecule has 5 rings (SSSR count). The van der Waals surface area contributed by atoms with Crippen LogP contribution in [0.15, 0.2) is 24.5 Å². The van der Waals surface area contributed by atoms with Gasteiger partial charge in [-0.15, -0.1) is 11.3 Å². The molecule has 0 saturated carbocycles. The second kappa shape index (κ2) is 9.48. The van der Waals surface area contributed by atoms with Crippen LogP contribution in [0.3, 0.4) is 0 Å². The van der Waals surface area contributed by atoms with Crippen molar-refractivity contribution in [1.82, 2.24) is 29.6 Å². The van der Waals surface area contributed by atoms with Gasteiger partial charge in [-0.05, 0) is 38.9 Å². The lowest BCUT2D eigenvalue weighted by atomic mass is 10.1. The van der Waals surface area contributed by atoms with Crippen LogP contribution >= 0.6 is 11.3 Å². The van der Waals surface area contributed by atoms with Crippen LogP contribution < -0.4 is 5.73 Å². The number of nitrogens with two attached hydrogens (primary N) is 1.